The van der Waals surface area contributed by atoms with Crippen LogP contribution in [0.25, 0.3) is 0 Å². The topological polar surface area (TPSA) is 155 Å². The number of hydrogen-bond acceptors (Lipinski definition) is 13. The molecule has 2 aromatic carbocycles. The lowest BCUT2D eigenvalue weighted by molar-refractivity contribution is -0.352. The fourth-order valence-corrected chi connectivity index (χ4v) is 9.25. The van der Waals surface area contributed by atoms with Gasteiger partial charge in [-0.2, -0.15) is 0 Å². The first-order valence-electron chi connectivity index (χ1n) is 22.2. The molecule has 4 unspecified atom stereocenters. The van der Waals surface area contributed by atoms with E-state index < -0.39 is 60.3 Å². The van der Waals surface area contributed by atoms with E-state index >= 15 is 0 Å². The number of ether oxygens (including phenoxy) is 9. The molecule has 0 bridgehead atoms. The van der Waals surface area contributed by atoms with E-state index in [9.17, 15) is 18.9 Å². The van der Waals surface area contributed by atoms with Crippen LogP contribution in [0, 0.1) is 17.8 Å². The SMILES string of the molecule is CC[C@H](C)C1O[C@H](O[C@@H]2C(C)C[C@](OCCCCCN(Cc3ccccc3)C(=O)OCc3ccccc3)(C(=O)OC)OC2[C@H]2COC(C)(C)O2)[C@H](OC(C)=O)C(C)[C@@H]1BBP=O. The Bertz CT molecular complexity index is 1730. The first-order chi connectivity index (χ1) is 29.7. The van der Waals surface area contributed by atoms with E-state index in [1.807, 2.05) is 88.4 Å². The highest BCUT2D eigenvalue weighted by molar-refractivity contribution is 7.71. The van der Waals surface area contributed by atoms with Crippen LogP contribution >= 0.6 is 8.34 Å². The van der Waals surface area contributed by atoms with Crippen molar-refractivity contribution in [1.82, 2.24) is 4.90 Å². The number of carbonyl (C=O) groups is 3. The van der Waals surface area contributed by atoms with E-state index in [1.165, 1.54) is 14.0 Å². The molecule has 0 saturated carbocycles. The largest absolute Gasteiger partial charge is 0.465 e. The maximum absolute atomic E-state index is 13.8. The summed E-state index contributed by atoms with van der Waals surface area (Å²) in [4.78, 5) is 41.3. The van der Waals surface area contributed by atoms with Crippen LogP contribution in [-0.2, 0) is 69.9 Å². The molecular formula is C45H66B2NO13P. The summed E-state index contributed by atoms with van der Waals surface area (Å²) in [6.45, 7) is 15.0. The maximum atomic E-state index is 13.8. The molecule has 3 heterocycles. The van der Waals surface area contributed by atoms with Crippen molar-refractivity contribution in [3.8, 4) is 0 Å². The molecule has 62 heavy (non-hydrogen) atoms. The third-order valence-corrected chi connectivity index (χ3v) is 12.7. The van der Waals surface area contributed by atoms with Gasteiger partial charge >= 0.3 is 18.0 Å². The molecule has 0 N–H and O–H groups in total. The Hall–Kier alpha value is -3.36. The highest BCUT2D eigenvalue weighted by Crippen LogP contribution is 2.45. The molecule has 3 aliphatic rings. The van der Waals surface area contributed by atoms with Gasteiger partial charge in [-0.05, 0) is 67.8 Å². The van der Waals surface area contributed by atoms with Gasteiger partial charge in [0, 0.05) is 26.4 Å². The van der Waals surface area contributed by atoms with Gasteiger partial charge < -0.3 is 47.5 Å². The fraction of sp³-hybridized carbons (Fsp3) is 0.667. The van der Waals surface area contributed by atoms with Gasteiger partial charge in [-0.25, -0.2) is 9.59 Å². The summed E-state index contributed by atoms with van der Waals surface area (Å²) in [5.41, 5.74) is 1.90. The van der Waals surface area contributed by atoms with Crippen LogP contribution in [0.15, 0.2) is 60.7 Å². The number of hydrogen-bond donors (Lipinski definition) is 0. The first kappa shape index (κ1) is 49.7. The Morgan fingerprint density at radius 3 is 2.27 bits per heavy atom. The number of nitrogens with zero attached hydrogens (tertiary/aromatic N) is 1. The summed E-state index contributed by atoms with van der Waals surface area (Å²) < 4.78 is 67.8. The quantitative estimate of drug-likeness (QED) is 0.0418. The van der Waals surface area contributed by atoms with Crippen LogP contribution in [0.5, 0.6) is 0 Å². The normalized spacial score (nSPS) is 29.9. The van der Waals surface area contributed by atoms with Crippen LogP contribution in [0.3, 0.4) is 0 Å². The van der Waals surface area contributed by atoms with Crippen molar-refractivity contribution in [2.45, 2.75) is 148 Å². The molecule has 340 valence electrons. The Morgan fingerprint density at radius 2 is 1.66 bits per heavy atom. The summed E-state index contributed by atoms with van der Waals surface area (Å²) in [6, 6.07) is 19.4. The molecular weight excluding hydrogens is 815 g/mol. The minimum atomic E-state index is -1.78. The second kappa shape index (κ2) is 23.5. The molecule has 14 nitrogen and oxygen atoms in total. The predicted molar refractivity (Wildman–Crippen MR) is 235 cm³/mol. The zero-order valence-electron chi connectivity index (χ0n) is 37.7. The van der Waals surface area contributed by atoms with Crippen LogP contribution in [0.2, 0.25) is 5.82 Å². The predicted octanol–water partition coefficient (Wildman–Crippen LogP) is 6.97. The van der Waals surface area contributed by atoms with Crippen molar-refractivity contribution in [3.05, 3.63) is 71.8 Å². The average molecular weight is 882 g/mol. The number of esters is 2. The molecule has 0 aliphatic carbocycles. The summed E-state index contributed by atoms with van der Waals surface area (Å²) in [5.74, 6) is -4.30. The van der Waals surface area contributed by atoms with Crippen LogP contribution in [0.4, 0.5) is 4.79 Å². The van der Waals surface area contributed by atoms with Crippen molar-refractivity contribution >= 4 is 40.4 Å². The van der Waals surface area contributed by atoms with Gasteiger partial charge in [-0.1, -0.05) is 94.8 Å². The minimum Gasteiger partial charge on any atom is -0.465 e. The van der Waals surface area contributed by atoms with E-state index in [1.54, 1.807) is 4.90 Å². The van der Waals surface area contributed by atoms with E-state index in [0.717, 1.165) is 17.5 Å². The summed E-state index contributed by atoms with van der Waals surface area (Å²) >= 11 is 0. The van der Waals surface area contributed by atoms with Gasteiger partial charge in [0.05, 0.1) is 40.9 Å². The third kappa shape index (κ3) is 13.3. The third-order valence-electron chi connectivity index (χ3n) is 12.3. The van der Waals surface area contributed by atoms with E-state index in [2.05, 4.69) is 13.8 Å². The molecule has 0 spiro atoms. The lowest BCUT2D eigenvalue weighted by atomic mass is 9.40. The molecule has 5 rings (SSSR count). The second-order valence-electron chi connectivity index (χ2n) is 17.4. The van der Waals surface area contributed by atoms with E-state index in [0.29, 0.717) is 46.4 Å². The Kier molecular flexibility index (Phi) is 18.8. The molecule has 3 saturated heterocycles. The monoisotopic (exact) mass is 881 g/mol. The van der Waals surface area contributed by atoms with E-state index in [-0.39, 0.29) is 64.3 Å². The average Bonchev–Trinajstić information content (AvgIpc) is 3.63. The van der Waals surface area contributed by atoms with Crippen molar-refractivity contribution in [2.75, 3.05) is 26.9 Å². The van der Waals surface area contributed by atoms with E-state index in [4.69, 9.17) is 42.6 Å². The second-order valence-corrected chi connectivity index (χ2v) is 18.1. The standard InChI is InChI=1S/C45H66B2NO13P/c1-9-29(2)37-36(46-47-62-52)31(4)39(57-32(5)49)41(58-37)59-38-30(3)25-45(42(50)53-8,61-40(38)35-28-56-44(6,7)60-35)55-24-18-12-17-23-48(26-33-19-13-10-14-20-33)43(51)54-27-34-21-15-11-16-22-34/h10-11,13-16,19-22,29-31,35-41,46-47H,9,12,17-18,23-28H2,1-8H3/t29-,30?,31?,35+,36-,37?,38+,39+,40?,41+,45+/m0/s1. The zero-order chi connectivity index (χ0) is 44.9. The summed E-state index contributed by atoms with van der Waals surface area (Å²) in [7, 11) is 1.98. The molecule has 3 aliphatic heterocycles. The van der Waals surface area contributed by atoms with Crippen molar-refractivity contribution in [1.29, 1.82) is 0 Å². The van der Waals surface area contributed by atoms with Gasteiger partial charge in [0.25, 0.3) is 5.79 Å². The lowest BCUT2D eigenvalue weighted by Crippen LogP contribution is -2.63. The fourth-order valence-electron chi connectivity index (χ4n) is 8.84. The van der Waals surface area contributed by atoms with Crippen molar-refractivity contribution in [3.63, 3.8) is 0 Å². The smallest absolute Gasteiger partial charge is 0.410 e. The number of rotatable bonds is 21. The highest BCUT2D eigenvalue weighted by atomic mass is 31.1. The lowest BCUT2D eigenvalue weighted by Gasteiger charge is -2.51. The number of benzene rings is 2. The minimum absolute atomic E-state index is 0.0282. The molecule has 17 heteroatoms. The highest BCUT2D eigenvalue weighted by Gasteiger charge is 2.58. The Balaban J connectivity index is 1.29. The zero-order valence-corrected chi connectivity index (χ0v) is 38.6. The van der Waals surface area contributed by atoms with Crippen LogP contribution < -0.4 is 0 Å². The molecule has 2 aromatic rings. The molecule has 0 aromatic heterocycles. The maximum Gasteiger partial charge on any atom is 0.410 e. The molecule has 1 amide bonds. The van der Waals surface area contributed by atoms with Crippen LogP contribution in [0.1, 0.15) is 91.7 Å². The molecule has 0 radical (unpaired) electrons. The van der Waals surface area contributed by atoms with Gasteiger partial charge in [-0.3, -0.25) is 9.36 Å². The van der Waals surface area contributed by atoms with Crippen molar-refractivity contribution in [2.24, 2.45) is 17.8 Å². The van der Waals surface area contributed by atoms with Gasteiger partial charge in [0.1, 0.15) is 26.0 Å². The summed E-state index contributed by atoms with van der Waals surface area (Å²) in [5, 5.41) is 0. The molecule has 3 fully saturated rings. The van der Waals surface area contributed by atoms with Crippen molar-refractivity contribution < 1.29 is 61.6 Å². The number of methoxy groups -OCH3 is 1. The van der Waals surface area contributed by atoms with Gasteiger partial charge in [-0.15, -0.1) is 0 Å². The summed E-state index contributed by atoms with van der Waals surface area (Å²) in [6.07, 6.45) is -1.77. The number of carbonyl (C=O) groups excluding carboxylic acids is 3. The van der Waals surface area contributed by atoms with Gasteiger partial charge in [0.15, 0.2) is 18.2 Å². The molecule has 11 atom stereocenters. The Labute approximate surface area is 370 Å². The number of unbranched alkanes of at least 4 members (excludes halogenated alkanes) is 2. The Morgan fingerprint density at radius 1 is 0.968 bits per heavy atom. The van der Waals surface area contributed by atoms with Gasteiger partial charge in [0.2, 0.25) is 6.89 Å². The first-order valence-corrected chi connectivity index (χ1v) is 23.2. The van der Waals surface area contributed by atoms with Crippen LogP contribution in [-0.4, -0.2) is 112 Å². The number of amides is 1.